The number of nitrogens with one attached hydrogen (secondary N) is 4. The van der Waals surface area contributed by atoms with Crippen molar-refractivity contribution >= 4 is 23.6 Å². The van der Waals surface area contributed by atoms with Crippen molar-refractivity contribution in [1.29, 1.82) is 0 Å². The van der Waals surface area contributed by atoms with Crippen molar-refractivity contribution in [2.45, 2.75) is 101 Å². The largest absolute Gasteiger partial charge is 0.464 e. The zero-order valence-corrected chi connectivity index (χ0v) is 26.1. The average Bonchev–Trinajstić information content (AvgIpc) is 3.01. The third kappa shape index (κ3) is 12.6. The van der Waals surface area contributed by atoms with E-state index in [1.54, 1.807) is 0 Å². The van der Waals surface area contributed by atoms with Gasteiger partial charge in [-0.3, -0.25) is 19.2 Å². The van der Waals surface area contributed by atoms with Gasteiger partial charge in [-0.2, -0.15) is 0 Å². The molecule has 18 heteroatoms. The highest BCUT2D eigenvalue weighted by molar-refractivity contribution is 5.77. The van der Waals surface area contributed by atoms with Crippen LogP contribution in [0.1, 0.15) is 52.4 Å². The monoisotopic (exact) mass is 664 g/mol. The fourth-order valence-corrected chi connectivity index (χ4v) is 4.67. The molecular weight excluding hydrogens is 616 g/mol. The number of rotatable bonds is 19. The molecule has 2 aliphatic heterocycles. The number of unbranched alkanes of at least 4 members (excludes halogenated alkanes) is 2. The van der Waals surface area contributed by atoms with E-state index >= 15 is 0 Å². The minimum atomic E-state index is -1.52. The molecule has 18 nitrogen and oxygen atoms in total. The highest BCUT2D eigenvalue weighted by Gasteiger charge is 2.45. The van der Waals surface area contributed by atoms with Crippen LogP contribution in [0.25, 0.3) is 0 Å². The molecule has 0 bridgehead atoms. The molecule has 0 aromatic rings. The summed E-state index contributed by atoms with van der Waals surface area (Å²) < 4.78 is 21.9. The molecular formula is C28H48N4O14. The Kier molecular flexibility index (Phi) is 17.2. The summed E-state index contributed by atoms with van der Waals surface area (Å²) >= 11 is 0. The summed E-state index contributed by atoms with van der Waals surface area (Å²) in [5.41, 5.74) is -0.150. The Balaban J connectivity index is 1.57. The number of hydrogen-bond donors (Lipinski definition) is 10. The third-order valence-corrected chi connectivity index (χ3v) is 7.10. The Labute approximate surface area is 266 Å². The van der Waals surface area contributed by atoms with Crippen LogP contribution in [0.2, 0.25) is 0 Å². The molecule has 46 heavy (non-hydrogen) atoms. The van der Waals surface area contributed by atoms with Crippen LogP contribution in [0, 0.1) is 0 Å². The summed E-state index contributed by atoms with van der Waals surface area (Å²) in [6.07, 6.45) is -6.97. The Morgan fingerprint density at radius 2 is 1.35 bits per heavy atom. The number of ether oxygens (including phenoxy) is 4. The highest BCUT2D eigenvalue weighted by Crippen LogP contribution is 2.25. The van der Waals surface area contributed by atoms with Crippen LogP contribution in [0.4, 0.5) is 0 Å². The van der Waals surface area contributed by atoms with E-state index in [2.05, 4.69) is 21.3 Å². The van der Waals surface area contributed by atoms with Gasteiger partial charge in [0.1, 0.15) is 42.3 Å². The fourth-order valence-electron chi connectivity index (χ4n) is 4.67. The van der Waals surface area contributed by atoms with Gasteiger partial charge in [0.05, 0.1) is 19.8 Å². The van der Waals surface area contributed by atoms with E-state index in [0.29, 0.717) is 25.7 Å². The first-order chi connectivity index (χ1) is 21.9. The van der Waals surface area contributed by atoms with Crippen LogP contribution >= 0.6 is 0 Å². The van der Waals surface area contributed by atoms with Crippen LogP contribution < -0.4 is 21.3 Å². The Morgan fingerprint density at radius 1 is 0.761 bits per heavy atom. The van der Waals surface area contributed by atoms with Crippen LogP contribution in [0.5, 0.6) is 0 Å². The van der Waals surface area contributed by atoms with Crippen molar-refractivity contribution in [3.05, 3.63) is 11.6 Å². The quantitative estimate of drug-likeness (QED) is 0.0589. The average molecular weight is 665 g/mol. The molecule has 0 aromatic heterocycles. The molecule has 5 unspecified atom stereocenters. The molecule has 4 amide bonds. The van der Waals surface area contributed by atoms with E-state index < -0.39 is 74.0 Å². The topological polar surface area (TPSA) is 275 Å². The van der Waals surface area contributed by atoms with E-state index in [1.807, 2.05) is 0 Å². The molecule has 0 aliphatic carbocycles. The lowest BCUT2D eigenvalue weighted by atomic mass is 9.97. The molecule has 0 radical (unpaired) electrons. The minimum Gasteiger partial charge on any atom is -0.464 e. The molecule has 0 aromatic carbocycles. The maximum Gasteiger partial charge on any atom is 0.302 e. The normalized spacial score (nSPS) is 27.7. The molecule has 2 aliphatic rings. The highest BCUT2D eigenvalue weighted by atomic mass is 16.7. The summed E-state index contributed by atoms with van der Waals surface area (Å²) in [6, 6.07) is -1.04. The van der Waals surface area contributed by atoms with E-state index in [-0.39, 0.29) is 62.6 Å². The number of carbonyl (C=O) groups excluding carboxylic acids is 4. The minimum absolute atomic E-state index is 0.0750. The number of hydrogen-bond acceptors (Lipinski definition) is 14. The molecule has 2 heterocycles. The molecule has 264 valence electrons. The smallest absolute Gasteiger partial charge is 0.302 e. The van der Waals surface area contributed by atoms with Crippen molar-refractivity contribution in [1.82, 2.24) is 21.3 Å². The maximum atomic E-state index is 12.1. The van der Waals surface area contributed by atoms with Crippen LogP contribution in [0.3, 0.4) is 0 Å². The predicted octanol–water partition coefficient (Wildman–Crippen LogP) is -4.05. The van der Waals surface area contributed by atoms with Gasteiger partial charge in [0.15, 0.2) is 12.4 Å². The van der Waals surface area contributed by atoms with Crippen LogP contribution in [-0.2, 0) is 38.1 Å². The number of aliphatic hydroxyl groups excluding tert-OH is 6. The van der Waals surface area contributed by atoms with Crippen LogP contribution in [-0.4, -0.2) is 143 Å². The first kappa shape index (κ1) is 39.1. The molecule has 1 fully saturated rings. The summed E-state index contributed by atoms with van der Waals surface area (Å²) in [5.74, 6) is -1.65. The standard InChI is InChI=1S/C28H48N4O14/c1-15(35)31-21-25(41)23(39)17(13-33)45-27(21)43-11-5-3-7-19(37)29-9-10-30-20(38)8-4-6-12-44-28-22(32-16(2)36)26(42)24(40)18(14-34)46-28/h17-18,21,23-27,33-34,39-42H,3-14H2,1-2H3,(H,29,37)(H,30,38)(H,31,35)(H,32,36)/t17?,18?,21?,23-,24-,25?,26?,27+/m0/s1. The fraction of sp³-hybridized carbons (Fsp3) is 0.786. The lowest BCUT2D eigenvalue weighted by Gasteiger charge is -2.42. The molecule has 2 rings (SSSR count). The van der Waals surface area contributed by atoms with E-state index in [0.717, 1.165) is 0 Å². The second-order valence-electron chi connectivity index (χ2n) is 10.9. The van der Waals surface area contributed by atoms with Gasteiger partial charge in [-0.25, -0.2) is 0 Å². The van der Waals surface area contributed by atoms with Gasteiger partial charge in [-0.1, -0.05) is 0 Å². The van der Waals surface area contributed by atoms with Crippen molar-refractivity contribution in [2.24, 2.45) is 0 Å². The van der Waals surface area contributed by atoms with E-state index in [9.17, 15) is 49.8 Å². The van der Waals surface area contributed by atoms with Gasteiger partial charge >= 0.3 is 5.95 Å². The Hall–Kier alpha value is -3.10. The predicted molar refractivity (Wildman–Crippen MR) is 156 cm³/mol. The zero-order valence-electron chi connectivity index (χ0n) is 26.1. The molecule has 0 saturated carbocycles. The zero-order chi connectivity index (χ0) is 34.2. The first-order valence-corrected chi connectivity index (χ1v) is 15.2. The maximum absolute atomic E-state index is 12.1. The molecule has 8 atom stereocenters. The van der Waals surface area contributed by atoms with Crippen LogP contribution in [0.15, 0.2) is 11.6 Å². The molecule has 10 N–H and O–H groups in total. The number of amides is 4. The Morgan fingerprint density at radius 3 is 1.89 bits per heavy atom. The van der Waals surface area contributed by atoms with Gasteiger partial charge in [0, 0.05) is 46.4 Å². The van der Waals surface area contributed by atoms with E-state index in [4.69, 9.17) is 18.9 Å². The van der Waals surface area contributed by atoms with Gasteiger partial charge < -0.3 is 70.9 Å². The van der Waals surface area contributed by atoms with Gasteiger partial charge in [0.25, 0.3) is 0 Å². The van der Waals surface area contributed by atoms with Crippen molar-refractivity contribution in [3.8, 4) is 0 Å². The summed E-state index contributed by atoms with van der Waals surface area (Å²) in [5, 5.41) is 69.5. The van der Waals surface area contributed by atoms with Gasteiger partial charge in [-0.05, 0) is 25.7 Å². The summed E-state index contributed by atoms with van der Waals surface area (Å²) in [4.78, 5) is 47.1. The third-order valence-electron chi connectivity index (χ3n) is 7.10. The van der Waals surface area contributed by atoms with Gasteiger partial charge in [-0.15, -0.1) is 0 Å². The van der Waals surface area contributed by atoms with Crippen molar-refractivity contribution in [2.75, 3.05) is 39.5 Å². The molecule has 1 saturated heterocycles. The van der Waals surface area contributed by atoms with E-state index in [1.165, 1.54) is 13.8 Å². The summed E-state index contributed by atoms with van der Waals surface area (Å²) in [6.45, 7) is 1.96. The second-order valence-corrected chi connectivity index (χ2v) is 10.9. The summed E-state index contributed by atoms with van der Waals surface area (Å²) in [7, 11) is 0. The number of carbonyl (C=O) groups is 4. The lowest BCUT2D eigenvalue weighted by Crippen LogP contribution is -2.64. The Bertz CT molecular complexity index is 1030. The van der Waals surface area contributed by atoms with Crippen molar-refractivity contribution in [3.63, 3.8) is 0 Å². The SMILES string of the molecule is CC(=O)NC1=C(OCCCCC(=O)NCCNC(=O)CCCCO[C@@H]2OC(CO)[C@H](O)C(O)C2NC(C)=O)OC(CO)[C@H](O)C1O. The first-order valence-electron chi connectivity index (χ1n) is 15.2. The van der Waals surface area contributed by atoms with Crippen molar-refractivity contribution < 1.29 is 68.8 Å². The second kappa shape index (κ2) is 20.2. The lowest BCUT2D eigenvalue weighted by molar-refractivity contribution is -0.270. The molecule has 0 spiro atoms. The van der Waals surface area contributed by atoms with Gasteiger partial charge in [0.2, 0.25) is 23.6 Å². The number of aliphatic hydroxyl groups is 6.